The Morgan fingerprint density at radius 1 is 1.20 bits per heavy atom. The topological polar surface area (TPSA) is 72.7 Å². The predicted molar refractivity (Wildman–Crippen MR) is 73.1 cm³/mol. The lowest BCUT2D eigenvalue weighted by Gasteiger charge is -2.26. The molecule has 0 bridgehead atoms. The van der Waals surface area contributed by atoms with Gasteiger partial charge in [-0.2, -0.15) is 0 Å². The third-order valence-electron chi connectivity index (χ3n) is 3.01. The van der Waals surface area contributed by atoms with E-state index < -0.39 is 6.09 Å². The van der Waals surface area contributed by atoms with Gasteiger partial charge in [-0.15, -0.1) is 0 Å². The number of nitrogens with zero attached hydrogens (tertiary/aromatic N) is 2. The molecule has 0 aliphatic carbocycles. The molecule has 1 heterocycles. The highest BCUT2D eigenvalue weighted by molar-refractivity contribution is 5.82. The van der Waals surface area contributed by atoms with E-state index in [0.29, 0.717) is 26.2 Å². The smallest absolute Gasteiger partial charge is 0.407 e. The van der Waals surface area contributed by atoms with Crippen LogP contribution >= 0.6 is 0 Å². The maximum absolute atomic E-state index is 11.8. The molecule has 0 aromatic heterocycles. The van der Waals surface area contributed by atoms with E-state index in [4.69, 9.17) is 4.74 Å². The number of hydrogen-bond acceptors (Lipinski definition) is 3. The third-order valence-corrected chi connectivity index (χ3v) is 3.01. The molecule has 107 valence electrons. The Labute approximate surface area is 118 Å². The summed E-state index contributed by atoms with van der Waals surface area (Å²) < 4.78 is 5.03. The number of ether oxygens (including phenoxy) is 1. The molecule has 1 aromatic rings. The van der Waals surface area contributed by atoms with Gasteiger partial charge >= 0.3 is 6.09 Å². The summed E-state index contributed by atoms with van der Waals surface area (Å²) >= 11 is 0. The summed E-state index contributed by atoms with van der Waals surface area (Å²) in [4.78, 5) is 25.0. The molecule has 0 spiro atoms. The van der Waals surface area contributed by atoms with Crippen LogP contribution in [0.25, 0.3) is 0 Å². The van der Waals surface area contributed by atoms with Gasteiger partial charge in [-0.3, -0.25) is 4.79 Å². The van der Waals surface area contributed by atoms with Crippen molar-refractivity contribution in [2.24, 2.45) is 0 Å². The number of piperazine rings is 1. The first-order chi connectivity index (χ1) is 9.75. The molecular weight excluding hydrogens is 258 g/mol. The molecule has 1 fully saturated rings. The fourth-order valence-electron chi connectivity index (χ4n) is 1.89. The van der Waals surface area contributed by atoms with Gasteiger partial charge in [0.25, 0.3) is 0 Å². The van der Waals surface area contributed by atoms with E-state index in [2.05, 4.69) is 10.6 Å². The summed E-state index contributed by atoms with van der Waals surface area (Å²) in [6.07, 6.45) is -0.580. The van der Waals surface area contributed by atoms with Crippen LogP contribution in [0.3, 0.4) is 0 Å². The van der Waals surface area contributed by atoms with Crippen LogP contribution in [0.1, 0.15) is 5.56 Å². The van der Waals surface area contributed by atoms with Gasteiger partial charge < -0.3 is 15.0 Å². The molecule has 6 nitrogen and oxygen atoms in total. The van der Waals surface area contributed by atoms with Gasteiger partial charge in [0.15, 0.2) is 0 Å². The zero-order valence-electron chi connectivity index (χ0n) is 11.2. The van der Waals surface area contributed by atoms with Crippen LogP contribution in [0.15, 0.2) is 30.3 Å². The van der Waals surface area contributed by atoms with Crippen LogP contribution in [-0.4, -0.2) is 49.6 Å². The average Bonchev–Trinajstić information content (AvgIpc) is 2.52. The van der Waals surface area contributed by atoms with Gasteiger partial charge in [0.1, 0.15) is 13.2 Å². The largest absolute Gasteiger partial charge is 0.445 e. The first kappa shape index (κ1) is 14.3. The second kappa shape index (κ2) is 7.49. The highest BCUT2D eigenvalue weighted by atomic mass is 16.5. The summed E-state index contributed by atoms with van der Waals surface area (Å²) in [6.45, 7) is 2.75. The number of hydrogen-bond donors (Lipinski definition) is 1. The van der Waals surface area contributed by atoms with Crippen LogP contribution in [-0.2, 0) is 16.1 Å². The van der Waals surface area contributed by atoms with Crippen LogP contribution in [0, 0.1) is 0 Å². The lowest BCUT2D eigenvalue weighted by Crippen LogP contribution is -2.47. The van der Waals surface area contributed by atoms with Gasteiger partial charge in [-0.25, -0.2) is 10.1 Å². The fraction of sp³-hybridized carbons (Fsp3) is 0.429. The van der Waals surface area contributed by atoms with Crippen molar-refractivity contribution in [1.82, 2.24) is 15.5 Å². The SMILES string of the molecule is O=C(NCC(=O)N1CC[N]CC1)OCc1ccccc1. The first-order valence-electron chi connectivity index (χ1n) is 6.61. The zero-order chi connectivity index (χ0) is 14.2. The highest BCUT2D eigenvalue weighted by Crippen LogP contribution is 2.00. The van der Waals surface area contributed by atoms with E-state index in [1.54, 1.807) is 4.90 Å². The maximum Gasteiger partial charge on any atom is 0.407 e. The summed E-state index contributed by atoms with van der Waals surface area (Å²) in [5, 5.41) is 6.63. The third kappa shape index (κ3) is 4.55. The van der Waals surface area contributed by atoms with Crippen molar-refractivity contribution in [3.05, 3.63) is 35.9 Å². The zero-order valence-corrected chi connectivity index (χ0v) is 11.2. The van der Waals surface area contributed by atoms with Gasteiger partial charge in [-0.05, 0) is 5.56 Å². The van der Waals surface area contributed by atoms with Gasteiger partial charge in [0.05, 0.1) is 0 Å². The van der Waals surface area contributed by atoms with Crippen molar-refractivity contribution >= 4 is 12.0 Å². The Morgan fingerprint density at radius 2 is 1.90 bits per heavy atom. The number of rotatable bonds is 4. The molecule has 1 N–H and O–H groups in total. The number of benzene rings is 1. The normalized spacial score (nSPS) is 14.7. The van der Waals surface area contributed by atoms with Crippen molar-refractivity contribution < 1.29 is 14.3 Å². The molecular formula is C14H18N3O3. The highest BCUT2D eigenvalue weighted by Gasteiger charge is 2.17. The molecule has 6 heteroatoms. The first-order valence-corrected chi connectivity index (χ1v) is 6.61. The molecule has 2 amide bonds. The standard InChI is InChI=1S/C14H18N3O3/c18-13(17-8-6-15-7-9-17)10-16-14(19)20-11-12-4-2-1-3-5-12/h1-5H,6-11H2,(H,16,19). The summed E-state index contributed by atoms with van der Waals surface area (Å²) in [6, 6.07) is 9.39. The summed E-state index contributed by atoms with van der Waals surface area (Å²) in [5.74, 6) is -0.100. The molecule has 0 unspecified atom stereocenters. The van der Waals surface area contributed by atoms with E-state index in [1.165, 1.54) is 0 Å². The Bertz CT molecular complexity index is 444. The predicted octanol–water partition coefficient (Wildman–Crippen LogP) is 0.359. The summed E-state index contributed by atoms with van der Waals surface area (Å²) in [7, 11) is 0. The molecule has 0 saturated carbocycles. The molecule has 1 saturated heterocycles. The van der Waals surface area contributed by atoms with Crippen molar-refractivity contribution in [2.75, 3.05) is 32.7 Å². The quantitative estimate of drug-likeness (QED) is 0.863. The number of alkyl carbamates (subject to hydrolysis) is 1. The molecule has 20 heavy (non-hydrogen) atoms. The second-order valence-electron chi connectivity index (χ2n) is 4.47. The van der Waals surface area contributed by atoms with Crippen molar-refractivity contribution in [1.29, 1.82) is 0 Å². The Balaban J connectivity index is 1.65. The van der Waals surface area contributed by atoms with Gasteiger partial charge in [-0.1, -0.05) is 30.3 Å². The van der Waals surface area contributed by atoms with Gasteiger partial charge in [0, 0.05) is 26.2 Å². The molecule has 1 radical (unpaired) electrons. The van der Waals surface area contributed by atoms with Crippen molar-refractivity contribution in [3.63, 3.8) is 0 Å². The Morgan fingerprint density at radius 3 is 2.60 bits per heavy atom. The van der Waals surface area contributed by atoms with Crippen LogP contribution in [0.5, 0.6) is 0 Å². The van der Waals surface area contributed by atoms with Crippen LogP contribution in [0.4, 0.5) is 4.79 Å². The van der Waals surface area contributed by atoms with E-state index in [-0.39, 0.29) is 19.1 Å². The molecule has 1 aliphatic rings. The van der Waals surface area contributed by atoms with Crippen LogP contribution in [0.2, 0.25) is 0 Å². The average molecular weight is 276 g/mol. The minimum Gasteiger partial charge on any atom is -0.445 e. The molecule has 0 atom stereocenters. The minimum absolute atomic E-state index is 0.0341. The van der Waals surface area contributed by atoms with E-state index in [9.17, 15) is 9.59 Å². The Hall–Kier alpha value is -2.08. The lowest BCUT2D eigenvalue weighted by atomic mass is 10.2. The number of amides is 2. The van der Waals surface area contributed by atoms with E-state index >= 15 is 0 Å². The number of carbonyl (C=O) groups is 2. The molecule has 2 rings (SSSR count). The Kier molecular flexibility index (Phi) is 5.37. The number of nitrogens with one attached hydrogen (secondary N) is 1. The molecule has 1 aromatic carbocycles. The van der Waals surface area contributed by atoms with Crippen molar-refractivity contribution in [2.45, 2.75) is 6.61 Å². The van der Waals surface area contributed by atoms with Crippen LogP contribution < -0.4 is 10.6 Å². The lowest BCUT2D eigenvalue weighted by molar-refractivity contribution is -0.130. The summed E-state index contributed by atoms with van der Waals surface area (Å²) in [5.41, 5.74) is 0.909. The minimum atomic E-state index is -0.580. The molecule has 1 aliphatic heterocycles. The van der Waals surface area contributed by atoms with E-state index in [0.717, 1.165) is 5.56 Å². The second-order valence-corrected chi connectivity index (χ2v) is 4.47. The van der Waals surface area contributed by atoms with Crippen molar-refractivity contribution in [3.8, 4) is 0 Å². The van der Waals surface area contributed by atoms with Gasteiger partial charge in [0.2, 0.25) is 5.91 Å². The van der Waals surface area contributed by atoms with E-state index in [1.807, 2.05) is 30.3 Å². The monoisotopic (exact) mass is 276 g/mol. The fourth-order valence-corrected chi connectivity index (χ4v) is 1.89. The number of carbonyl (C=O) groups excluding carboxylic acids is 2. The maximum atomic E-state index is 11.8.